The highest BCUT2D eigenvalue weighted by atomic mass is 35.5. The fraction of sp³-hybridized carbons (Fsp3) is 0.321. The number of aliphatic hydroxyl groups is 1. The van der Waals surface area contributed by atoms with Crippen LogP contribution in [-0.4, -0.2) is 35.5 Å². The Morgan fingerprint density at radius 3 is 1.91 bits per heavy atom. The lowest BCUT2D eigenvalue weighted by Gasteiger charge is -2.39. The molecule has 0 saturated carbocycles. The summed E-state index contributed by atoms with van der Waals surface area (Å²) < 4.78 is 0. The first-order chi connectivity index (χ1) is 16.0. The molecule has 0 radical (unpaired) electrons. The Morgan fingerprint density at radius 1 is 0.909 bits per heavy atom. The lowest BCUT2D eigenvalue weighted by molar-refractivity contribution is -0.136. The molecular formula is C28H31ClN2O2. The van der Waals surface area contributed by atoms with E-state index in [1.54, 1.807) is 12.1 Å². The quantitative estimate of drug-likeness (QED) is 0.526. The average Bonchev–Trinajstić information content (AvgIpc) is 2.87. The van der Waals surface area contributed by atoms with E-state index in [1.165, 1.54) is 0 Å². The predicted molar refractivity (Wildman–Crippen MR) is 133 cm³/mol. The molecule has 5 heteroatoms. The molecule has 1 amide bonds. The van der Waals surface area contributed by atoms with E-state index in [0.717, 1.165) is 16.7 Å². The van der Waals surface area contributed by atoms with Gasteiger partial charge in [0, 0.05) is 36.5 Å². The Bertz CT molecular complexity index is 1010. The third kappa shape index (κ3) is 4.98. The van der Waals surface area contributed by atoms with Crippen LogP contribution in [0.3, 0.4) is 0 Å². The van der Waals surface area contributed by atoms with Crippen LogP contribution in [0.2, 0.25) is 5.02 Å². The molecule has 1 fully saturated rings. The molecule has 0 aliphatic carbocycles. The standard InChI is InChI=1S/C28H31ClN2O2/c29-25-13-11-24(12-14-25)28(33)17-19-31(20-18-28)26(32)15-16-27(21-30,22-7-3-1-4-8-22)23-9-5-2-6-10-23/h1-14,33H,15-21,30H2. The third-order valence-electron chi connectivity index (χ3n) is 7.09. The predicted octanol–water partition coefficient (Wildman–Crippen LogP) is 4.88. The normalized spacial score (nSPS) is 15.9. The van der Waals surface area contributed by atoms with Crippen molar-refractivity contribution in [2.45, 2.75) is 36.7 Å². The minimum atomic E-state index is -0.920. The fourth-order valence-corrected chi connectivity index (χ4v) is 5.09. The summed E-state index contributed by atoms with van der Waals surface area (Å²) in [6.45, 7) is 1.49. The molecule has 1 saturated heterocycles. The summed E-state index contributed by atoms with van der Waals surface area (Å²) in [6, 6.07) is 27.8. The van der Waals surface area contributed by atoms with E-state index in [1.807, 2.05) is 53.4 Å². The first kappa shape index (κ1) is 23.5. The first-order valence-electron chi connectivity index (χ1n) is 11.5. The molecule has 4 nitrogen and oxygen atoms in total. The highest BCUT2D eigenvalue weighted by molar-refractivity contribution is 6.30. The molecule has 1 aliphatic heterocycles. The summed E-state index contributed by atoms with van der Waals surface area (Å²) in [4.78, 5) is 15.1. The molecule has 0 bridgehead atoms. The summed E-state index contributed by atoms with van der Waals surface area (Å²) in [5.41, 5.74) is 8.15. The molecule has 1 heterocycles. The van der Waals surface area contributed by atoms with E-state index in [9.17, 15) is 9.90 Å². The summed E-state index contributed by atoms with van der Waals surface area (Å²) in [7, 11) is 0. The van der Waals surface area contributed by atoms with Crippen molar-refractivity contribution in [3.8, 4) is 0 Å². The van der Waals surface area contributed by atoms with Crippen molar-refractivity contribution in [2.24, 2.45) is 5.73 Å². The minimum absolute atomic E-state index is 0.109. The van der Waals surface area contributed by atoms with E-state index in [-0.39, 0.29) is 5.91 Å². The number of halogens is 1. The number of amides is 1. The molecule has 3 aromatic carbocycles. The summed E-state index contributed by atoms with van der Waals surface area (Å²) in [5.74, 6) is 0.109. The zero-order valence-electron chi connectivity index (χ0n) is 18.8. The Morgan fingerprint density at radius 2 is 1.42 bits per heavy atom. The van der Waals surface area contributed by atoms with E-state index < -0.39 is 11.0 Å². The van der Waals surface area contributed by atoms with Crippen LogP contribution in [0.5, 0.6) is 0 Å². The number of benzene rings is 3. The van der Waals surface area contributed by atoms with Gasteiger partial charge in [0.05, 0.1) is 5.60 Å². The highest BCUT2D eigenvalue weighted by Crippen LogP contribution is 2.37. The van der Waals surface area contributed by atoms with E-state index in [4.69, 9.17) is 17.3 Å². The molecule has 1 aliphatic rings. The number of carbonyl (C=O) groups is 1. The zero-order chi connectivity index (χ0) is 23.3. The van der Waals surface area contributed by atoms with Crippen molar-refractivity contribution in [3.05, 3.63) is 107 Å². The zero-order valence-corrected chi connectivity index (χ0v) is 19.5. The molecule has 0 spiro atoms. The summed E-state index contributed by atoms with van der Waals surface area (Å²) in [5, 5.41) is 11.8. The second kappa shape index (κ2) is 10.1. The highest BCUT2D eigenvalue weighted by Gasteiger charge is 2.37. The van der Waals surface area contributed by atoms with Crippen LogP contribution < -0.4 is 5.73 Å². The van der Waals surface area contributed by atoms with Crippen molar-refractivity contribution in [3.63, 3.8) is 0 Å². The van der Waals surface area contributed by atoms with Crippen LogP contribution in [0.25, 0.3) is 0 Å². The van der Waals surface area contributed by atoms with Crippen LogP contribution >= 0.6 is 11.6 Å². The molecule has 33 heavy (non-hydrogen) atoms. The average molecular weight is 463 g/mol. The van der Waals surface area contributed by atoms with Crippen LogP contribution in [0.1, 0.15) is 42.4 Å². The number of piperidine rings is 1. The van der Waals surface area contributed by atoms with Gasteiger partial charge in [-0.25, -0.2) is 0 Å². The Labute approximate surface area is 201 Å². The van der Waals surface area contributed by atoms with Gasteiger partial charge in [-0.1, -0.05) is 84.4 Å². The van der Waals surface area contributed by atoms with Crippen LogP contribution in [0.4, 0.5) is 0 Å². The lowest BCUT2D eigenvalue weighted by atomic mass is 9.71. The van der Waals surface area contributed by atoms with Crippen LogP contribution in [-0.2, 0) is 15.8 Å². The fourth-order valence-electron chi connectivity index (χ4n) is 4.96. The van der Waals surface area contributed by atoms with Gasteiger partial charge < -0.3 is 15.7 Å². The largest absolute Gasteiger partial charge is 0.385 e. The second-order valence-electron chi connectivity index (χ2n) is 8.94. The van der Waals surface area contributed by atoms with Gasteiger partial charge in [-0.05, 0) is 48.1 Å². The van der Waals surface area contributed by atoms with E-state index in [0.29, 0.717) is 50.3 Å². The number of carbonyl (C=O) groups excluding carboxylic acids is 1. The Hall–Kier alpha value is -2.66. The van der Waals surface area contributed by atoms with Gasteiger partial charge >= 0.3 is 0 Å². The maximum absolute atomic E-state index is 13.2. The number of nitrogens with two attached hydrogens (primary N) is 1. The van der Waals surface area contributed by atoms with Crippen molar-refractivity contribution < 1.29 is 9.90 Å². The SMILES string of the molecule is NCC(CCC(=O)N1CCC(O)(c2ccc(Cl)cc2)CC1)(c1ccccc1)c1ccccc1. The van der Waals surface area contributed by atoms with Crippen LogP contribution in [0, 0.1) is 0 Å². The van der Waals surface area contributed by atoms with Crippen LogP contribution in [0.15, 0.2) is 84.9 Å². The smallest absolute Gasteiger partial charge is 0.222 e. The summed E-state index contributed by atoms with van der Waals surface area (Å²) in [6.07, 6.45) is 2.06. The van der Waals surface area contributed by atoms with Gasteiger partial charge in [0.25, 0.3) is 0 Å². The topological polar surface area (TPSA) is 66.6 Å². The first-order valence-corrected chi connectivity index (χ1v) is 11.9. The maximum atomic E-state index is 13.2. The third-order valence-corrected chi connectivity index (χ3v) is 7.34. The second-order valence-corrected chi connectivity index (χ2v) is 9.37. The maximum Gasteiger partial charge on any atom is 0.222 e. The van der Waals surface area contributed by atoms with Crippen molar-refractivity contribution in [1.82, 2.24) is 4.90 Å². The molecule has 3 aromatic rings. The van der Waals surface area contributed by atoms with Gasteiger partial charge in [0.1, 0.15) is 0 Å². The van der Waals surface area contributed by atoms with E-state index >= 15 is 0 Å². The van der Waals surface area contributed by atoms with Gasteiger partial charge in [0.15, 0.2) is 0 Å². The van der Waals surface area contributed by atoms with E-state index in [2.05, 4.69) is 24.3 Å². The minimum Gasteiger partial charge on any atom is -0.385 e. The molecule has 0 atom stereocenters. The Kier molecular flexibility index (Phi) is 7.18. The molecule has 3 N–H and O–H groups in total. The molecule has 172 valence electrons. The molecular weight excluding hydrogens is 432 g/mol. The number of nitrogens with zero attached hydrogens (tertiary/aromatic N) is 1. The van der Waals surface area contributed by atoms with Crippen molar-refractivity contribution in [2.75, 3.05) is 19.6 Å². The molecule has 0 unspecified atom stereocenters. The number of rotatable bonds is 7. The molecule has 0 aromatic heterocycles. The molecule has 4 rings (SSSR count). The summed E-state index contributed by atoms with van der Waals surface area (Å²) >= 11 is 5.99. The number of hydrogen-bond acceptors (Lipinski definition) is 3. The van der Waals surface area contributed by atoms with Crippen molar-refractivity contribution in [1.29, 1.82) is 0 Å². The lowest BCUT2D eigenvalue weighted by Crippen LogP contribution is -2.46. The number of hydrogen-bond donors (Lipinski definition) is 2. The van der Waals surface area contributed by atoms with Crippen molar-refractivity contribution >= 4 is 17.5 Å². The monoisotopic (exact) mass is 462 g/mol. The van der Waals surface area contributed by atoms with Gasteiger partial charge in [0.2, 0.25) is 5.91 Å². The van der Waals surface area contributed by atoms with Gasteiger partial charge in [-0.2, -0.15) is 0 Å². The van der Waals surface area contributed by atoms with Gasteiger partial charge in [-0.3, -0.25) is 4.79 Å². The number of likely N-dealkylation sites (tertiary alicyclic amines) is 1. The van der Waals surface area contributed by atoms with Gasteiger partial charge in [-0.15, -0.1) is 0 Å². The Balaban J connectivity index is 1.46.